The summed E-state index contributed by atoms with van der Waals surface area (Å²) in [6, 6.07) is 2.01. The van der Waals surface area contributed by atoms with E-state index >= 15 is 0 Å². The Morgan fingerprint density at radius 3 is 2.43 bits per heavy atom. The van der Waals surface area contributed by atoms with Crippen molar-refractivity contribution in [2.75, 3.05) is 0 Å². The van der Waals surface area contributed by atoms with Gasteiger partial charge in [-0.05, 0) is 45.7 Å². The molecule has 0 amide bonds. The van der Waals surface area contributed by atoms with E-state index in [9.17, 15) is 4.79 Å². The maximum absolute atomic E-state index is 10.9. The number of hydrogen-bond acceptors (Lipinski definition) is 1. The zero-order valence-electron chi connectivity index (χ0n) is 9.14. The van der Waals surface area contributed by atoms with E-state index in [1.165, 1.54) is 0 Å². The summed E-state index contributed by atoms with van der Waals surface area (Å²) >= 11 is 0. The largest absolute Gasteiger partial charge is 0.481 e. The molecule has 0 fully saturated rings. The van der Waals surface area contributed by atoms with Gasteiger partial charge in [-0.25, -0.2) is 0 Å². The Kier molecular flexibility index (Phi) is 2.69. The number of H-pyrrole nitrogens is 1. The van der Waals surface area contributed by atoms with E-state index in [0.29, 0.717) is 6.42 Å². The van der Waals surface area contributed by atoms with Gasteiger partial charge in [0.25, 0.3) is 0 Å². The molecule has 1 aromatic heterocycles. The molecule has 3 nitrogen and oxygen atoms in total. The summed E-state index contributed by atoms with van der Waals surface area (Å²) in [6.07, 6.45) is 0.568. The van der Waals surface area contributed by atoms with Crippen LogP contribution in [-0.4, -0.2) is 16.1 Å². The minimum absolute atomic E-state index is 0.568. The first-order valence-corrected chi connectivity index (χ1v) is 4.71. The lowest BCUT2D eigenvalue weighted by molar-refractivity contribution is -0.146. The van der Waals surface area contributed by atoms with Crippen LogP contribution >= 0.6 is 0 Å². The number of nitrogens with one attached hydrogen (secondary N) is 1. The van der Waals surface area contributed by atoms with Gasteiger partial charge in [-0.2, -0.15) is 0 Å². The van der Waals surface area contributed by atoms with Crippen LogP contribution in [0.15, 0.2) is 6.07 Å². The maximum Gasteiger partial charge on any atom is 0.309 e. The Labute approximate surface area is 84.2 Å². The van der Waals surface area contributed by atoms with E-state index in [1.807, 2.05) is 19.9 Å². The molecule has 0 saturated carbocycles. The second-order valence-electron chi connectivity index (χ2n) is 4.47. The van der Waals surface area contributed by atoms with Gasteiger partial charge in [-0.1, -0.05) is 0 Å². The van der Waals surface area contributed by atoms with E-state index in [-0.39, 0.29) is 0 Å². The number of carbonyl (C=O) groups is 1. The SMILES string of the molecule is Cc1cc(CC(C)(C)C(=O)O)c(C)[nH]1. The monoisotopic (exact) mass is 195 g/mol. The minimum atomic E-state index is -0.754. The molecule has 14 heavy (non-hydrogen) atoms. The van der Waals surface area contributed by atoms with Crippen molar-refractivity contribution in [2.24, 2.45) is 5.41 Å². The summed E-state index contributed by atoms with van der Waals surface area (Å²) in [5.41, 5.74) is 2.55. The summed E-state index contributed by atoms with van der Waals surface area (Å²) in [7, 11) is 0. The molecule has 1 heterocycles. The Morgan fingerprint density at radius 2 is 2.07 bits per heavy atom. The predicted octanol–water partition coefficient (Wildman–Crippen LogP) is 2.28. The summed E-state index contributed by atoms with van der Waals surface area (Å²) < 4.78 is 0. The van der Waals surface area contributed by atoms with Gasteiger partial charge in [-0.3, -0.25) is 4.79 Å². The first-order chi connectivity index (χ1) is 6.33. The number of aromatic nitrogens is 1. The highest BCUT2D eigenvalue weighted by Gasteiger charge is 2.28. The van der Waals surface area contributed by atoms with Gasteiger partial charge in [0.1, 0.15) is 0 Å². The second kappa shape index (κ2) is 3.48. The first-order valence-electron chi connectivity index (χ1n) is 4.71. The van der Waals surface area contributed by atoms with Gasteiger partial charge in [-0.15, -0.1) is 0 Å². The molecule has 0 spiro atoms. The Morgan fingerprint density at radius 1 is 1.50 bits per heavy atom. The molecular formula is C11H17NO2. The molecule has 0 unspecified atom stereocenters. The van der Waals surface area contributed by atoms with E-state index < -0.39 is 11.4 Å². The minimum Gasteiger partial charge on any atom is -0.481 e. The van der Waals surface area contributed by atoms with Crippen LogP contribution in [0.25, 0.3) is 0 Å². The molecule has 0 aromatic carbocycles. The molecule has 1 aromatic rings. The van der Waals surface area contributed by atoms with Crippen molar-refractivity contribution in [3.8, 4) is 0 Å². The number of aromatic amines is 1. The molecule has 0 aliphatic carbocycles. The molecule has 1 rings (SSSR count). The van der Waals surface area contributed by atoms with Crippen LogP contribution in [0.5, 0.6) is 0 Å². The van der Waals surface area contributed by atoms with Crippen molar-refractivity contribution in [3.05, 3.63) is 23.0 Å². The van der Waals surface area contributed by atoms with Crippen LogP contribution in [0.4, 0.5) is 0 Å². The van der Waals surface area contributed by atoms with Crippen LogP contribution in [0.3, 0.4) is 0 Å². The van der Waals surface area contributed by atoms with E-state index in [4.69, 9.17) is 5.11 Å². The molecular weight excluding hydrogens is 178 g/mol. The Balaban J connectivity index is 2.88. The predicted molar refractivity (Wildman–Crippen MR) is 55.4 cm³/mol. The van der Waals surface area contributed by atoms with Crippen molar-refractivity contribution in [1.82, 2.24) is 4.98 Å². The van der Waals surface area contributed by atoms with Crippen molar-refractivity contribution >= 4 is 5.97 Å². The average Bonchev–Trinajstić information content (AvgIpc) is 2.29. The normalized spacial score (nSPS) is 11.7. The van der Waals surface area contributed by atoms with Crippen molar-refractivity contribution < 1.29 is 9.90 Å². The fraction of sp³-hybridized carbons (Fsp3) is 0.545. The lowest BCUT2D eigenvalue weighted by atomic mass is 9.86. The summed E-state index contributed by atoms with van der Waals surface area (Å²) in [4.78, 5) is 14.1. The van der Waals surface area contributed by atoms with E-state index in [1.54, 1.807) is 13.8 Å². The number of rotatable bonds is 3. The van der Waals surface area contributed by atoms with Gasteiger partial charge < -0.3 is 10.1 Å². The first kappa shape index (κ1) is 10.8. The zero-order valence-corrected chi connectivity index (χ0v) is 9.14. The van der Waals surface area contributed by atoms with Crippen LogP contribution in [0.1, 0.15) is 30.8 Å². The summed E-state index contributed by atoms with van der Waals surface area (Å²) in [6.45, 7) is 7.44. The summed E-state index contributed by atoms with van der Waals surface area (Å²) in [5, 5.41) is 8.99. The van der Waals surface area contributed by atoms with E-state index in [2.05, 4.69) is 4.98 Å². The quantitative estimate of drug-likeness (QED) is 0.777. The molecule has 78 valence electrons. The zero-order chi connectivity index (χ0) is 10.9. The van der Waals surface area contributed by atoms with Crippen LogP contribution in [0.2, 0.25) is 0 Å². The molecule has 0 atom stereocenters. The van der Waals surface area contributed by atoms with Gasteiger partial charge in [0.15, 0.2) is 0 Å². The number of aryl methyl sites for hydroxylation is 2. The lowest BCUT2D eigenvalue weighted by Crippen LogP contribution is -2.26. The van der Waals surface area contributed by atoms with Gasteiger partial charge in [0, 0.05) is 11.4 Å². The standard InChI is InChI=1S/C11H17NO2/c1-7-5-9(8(2)12-7)6-11(3,4)10(13)14/h5,12H,6H2,1-4H3,(H,13,14). The average molecular weight is 195 g/mol. The molecule has 0 bridgehead atoms. The van der Waals surface area contributed by atoms with Crippen LogP contribution in [0, 0.1) is 19.3 Å². The van der Waals surface area contributed by atoms with Crippen molar-refractivity contribution in [1.29, 1.82) is 0 Å². The molecule has 0 saturated heterocycles. The third kappa shape index (κ3) is 2.16. The van der Waals surface area contributed by atoms with Crippen LogP contribution in [-0.2, 0) is 11.2 Å². The number of hydrogen-bond donors (Lipinski definition) is 2. The van der Waals surface area contributed by atoms with Crippen LogP contribution < -0.4 is 0 Å². The van der Waals surface area contributed by atoms with Gasteiger partial charge in [0.05, 0.1) is 5.41 Å². The molecule has 0 aliphatic rings. The molecule has 0 aliphatic heterocycles. The lowest BCUT2D eigenvalue weighted by Gasteiger charge is -2.18. The fourth-order valence-electron chi connectivity index (χ4n) is 1.52. The Hall–Kier alpha value is -1.25. The number of carboxylic acids is 1. The molecule has 3 heteroatoms. The number of carboxylic acid groups (broad SMARTS) is 1. The molecule has 0 radical (unpaired) electrons. The third-order valence-electron chi connectivity index (χ3n) is 2.47. The van der Waals surface area contributed by atoms with E-state index in [0.717, 1.165) is 17.0 Å². The highest BCUT2D eigenvalue weighted by Crippen LogP contribution is 2.24. The Bertz CT molecular complexity index is 350. The van der Waals surface area contributed by atoms with Crippen molar-refractivity contribution in [3.63, 3.8) is 0 Å². The fourth-order valence-corrected chi connectivity index (χ4v) is 1.52. The highest BCUT2D eigenvalue weighted by atomic mass is 16.4. The second-order valence-corrected chi connectivity index (χ2v) is 4.47. The highest BCUT2D eigenvalue weighted by molar-refractivity contribution is 5.74. The van der Waals surface area contributed by atoms with Crippen molar-refractivity contribution in [2.45, 2.75) is 34.1 Å². The molecule has 2 N–H and O–H groups in total. The van der Waals surface area contributed by atoms with Gasteiger partial charge >= 0.3 is 5.97 Å². The topological polar surface area (TPSA) is 53.1 Å². The smallest absolute Gasteiger partial charge is 0.309 e. The number of aliphatic carboxylic acids is 1. The third-order valence-corrected chi connectivity index (χ3v) is 2.47. The summed E-state index contributed by atoms with van der Waals surface area (Å²) in [5.74, 6) is -0.754. The van der Waals surface area contributed by atoms with Gasteiger partial charge in [0.2, 0.25) is 0 Å². The maximum atomic E-state index is 10.9.